The van der Waals surface area contributed by atoms with E-state index in [0.717, 1.165) is 30.9 Å². The Balaban J connectivity index is 1.55. The summed E-state index contributed by atoms with van der Waals surface area (Å²) in [5.74, 6) is 0.863. The van der Waals surface area contributed by atoms with E-state index in [9.17, 15) is 4.39 Å². The monoisotopic (exact) mass is 334 g/mol. The van der Waals surface area contributed by atoms with Crippen LogP contribution in [0.2, 0.25) is 0 Å². The molecule has 2 aromatic heterocycles. The molecule has 0 atom stereocenters. The fourth-order valence-corrected chi connectivity index (χ4v) is 3.22. The molecule has 3 aromatic rings. The van der Waals surface area contributed by atoms with Crippen molar-refractivity contribution in [1.29, 1.82) is 0 Å². The Morgan fingerprint density at radius 3 is 2.64 bits per heavy atom. The largest absolute Gasteiger partial charge is 0.363 e. The smallest absolute Gasteiger partial charge is 0.165 e. The lowest BCUT2D eigenvalue weighted by Crippen LogP contribution is -2.32. The van der Waals surface area contributed by atoms with Crippen molar-refractivity contribution in [2.75, 3.05) is 16.8 Å². The lowest BCUT2D eigenvalue weighted by Gasteiger charge is -2.31. The summed E-state index contributed by atoms with van der Waals surface area (Å²) in [5, 5.41) is 3.08. The Morgan fingerprint density at radius 2 is 1.76 bits per heavy atom. The van der Waals surface area contributed by atoms with Crippen LogP contribution in [0.1, 0.15) is 16.7 Å². The van der Waals surface area contributed by atoms with Crippen LogP contribution in [0.5, 0.6) is 0 Å². The summed E-state index contributed by atoms with van der Waals surface area (Å²) >= 11 is 0. The van der Waals surface area contributed by atoms with E-state index in [-0.39, 0.29) is 11.6 Å². The van der Waals surface area contributed by atoms with E-state index in [1.165, 1.54) is 17.2 Å². The first-order valence-corrected chi connectivity index (χ1v) is 8.41. The Bertz CT molecular complexity index is 881. The molecule has 25 heavy (non-hydrogen) atoms. The number of fused-ring (bicyclic) bond motifs is 1. The lowest BCUT2D eigenvalue weighted by atomic mass is 9.99. The molecule has 0 unspecified atom stereocenters. The summed E-state index contributed by atoms with van der Waals surface area (Å²) in [7, 11) is 0. The van der Waals surface area contributed by atoms with Crippen molar-refractivity contribution in [3.63, 3.8) is 0 Å². The standard InChI is InChI=1S/C20H19FN4/c21-18-8-4-10-22-19(18)24-13-16-7-3-11-23-20(16)25-12-9-15-5-1-2-6-17(15)14-25/h1-8,10-11H,9,12-14H2,(H,22,24). The van der Waals surface area contributed by atoms with Gasteiger partial charge in [-0.2, -0.15) is 0 Å². The number of nitrogens with one attached hydrogen (secondary N) is 1. The van der Waals surface area contributed by atoms with Gasteiger partial charge in [0.05, 0.1) is 0 Å². The molecule has 1 N–H and O–H groups in total. The van der Waals surface area contributed by atoms with Gasteiger partial charge in [-0.05, 0) is 35.7 Å². The molecule has 0 spiro atoms. The van der Waals surface area contributed by atoms with Crippen molar-refractivity contribution < 1.29 is 4.39 Å². The van der Waals surface area contributed by atoms with Gasteiger partial charge >= 0.3 is 0 Å². The van der Waals surface area contributed by atoms with E-state index in [0.29, 0.717) is 6.54 Å². The Morgan fingerprint density at radius 1 is 0.960 bits per heavy atom. The molecular formula is C20H19FN4. The summed E-state index contributed by atoms with van der Waals surface area (Å²) in [6, 6.07) is 15.5. The van der Waals surface area contributed by atoms with Gasteiger partial charge in [0.15, 0.2) is 11.6 Å². The number of halogens is 1. The lowest BCUT2D eigenvalue weighted by molar-refractivity contribution is 0.624. The van der Waals surface area contributed by atoms with Crippen molar-refractivity contribution in [1.82, 2.24) is 9.97 Å². The minimum atomic E-state index is -0.347. The summed E-state index contributed by atoms with van der Waals surface area (Å²) in [6.07, 6.45) is 4.40. The van der Waals surface area contributed by atoms with Crippen LogP contribution < -0.4 is 10.2 Å². The maximum Gasteiger partial charge on any atom is 0.165 e. The minimum Gasteiger partial charge on any atom is -0.363 e. The fraction of sp³-hybridized carbons (Fsp3) is 0.200. The maximum atomic E-state index is 13.8. The van der Waals surface area contributed by atoms with Gasteiger partial charge < -0.3 is 10.2 Å². The number of anilines is 2. The molecule has 126 valence electrons. The zero-order valence-corrected chi connectivity index (χ0v) is 13.8. The van der Waals surface area contributed by atoms with Crippen LogP contribution in [0.25, 0.3) is 0 Å². The molecule has 0 saturated heterocycles. The molecule has 0 aliphatic carbocycles. The van der Waals surface area contributed by atoms with Gasteiger partial charge in [0, 0.05) is 37.6 Å². The number of hydrogen-bond acceptors (Lipinski definition) is 4. The quantitative estimate of drug-likeness (QED) is 0.788. The van der Waals surface area contributed by atoms with Gasteiger partial charge in [0.25, 0.3) is 0 Å². The molecule has 3 heterocycles. The van der Waals surface area contributed by atoms with Crippen LogP contribution in [0.4, 0.5) is 16.0 Å². The molecule has 0 saturated carbocycles. The molecule has 0 bridgehead atoms. The Kier molecular flexibility index (Phi) is 4.29. The molecule has 4 rings (SSSR count). The summed E-state index contributed by atoms with van der Waals surface area (Å²) in [6.45, 7) is 2.26. The first-order chi connectivity index (χ1) is 12.3. The molecule has 0 amide bonds. The van der Waals surface area contributed by atoms with Crippen molar-refractivity contribution in [2.45, 2.75) is 19.5 Å². The second kappa shape index (κ2) is 6.89. The van der Waals surface area contributed by atoms with Crippen LogP contribution in [0, 0.1) is 5.82 Å². The highest BCUT2D eigenvalue weighted by Gasteiger charge is 2.19. The first-order valence-electron chi connectivity index (χ1n) is 8.41. The van der Waals surface area contributed by atoms with E-state index in [1.807, 2.05) is 12.1 Å². The molecular weight excluding hydrogens is 315 g/mol. The highest BCUT2D eigenvalue weighted by Crippen LogP contribution is 2.26. The highest BCUT2D eigenvalue weighted by molar-refractivity contribution is 5.51. The van der Waals surface area contributed by atoms with Crippen LogP contribution in [0.15, 0.2) is 60.9 Å². The van der Waals surface area contributed by atoms with Gasteiger partial charge in [-0.1, -0.05) is 30.3 Å². The summed E-state index contributed by atoms with van der Waals surface area (Å²) < 4.78 is 13.8. The number of hydrogen-bond donors (Lipinski definition) is 1. The van der Waals surface area contributed by atoms with Crippen molar-refractivity contribution >= 4 is 11.6 Å². The van der Waals surface area contributed by atoms with Crippen LogP contribution in [-0.4, -0.2) is 16.5 Å². The molecule has 1 aliphatic heterocycles. The van der Waals surface area contributed by atoms with Crippen LogP contribution in [0.3, 0.4) is 0 Å². The van der Waals surface area contributed by atoms with Crippen LogP contribution >= 0.6 is 0 Å². The Hall–Kier alpha value is -2.95. The average Bonchev–Trinajstić information content (AvgIpc) is 2.67. The van der Waals surface area contributed by atoms with Crippen molar-refractivity contribution in [2.24, 2.45) is 0 Å². The fourth-order valence-electron chi connectivity index (χ4n) is 3.22. The third kappa shape index (κ3) is 3.31. The molecule has 1 aromatic carbocycles. The molecule has 5 heteroatoms. The van der Waals surface area contributed by atoms with Crippen LogP contribution in [-0.2, 0) is 19.5 Å². The second-order valence-corrected chi connectivity index (χ2v) is 6.11. The van der Waals surface area contributed by atoms with Gasteiger partial charge in [0.2, 0.25) is 0 Å². The second-order valence-electron chi connectivity index (χ2n) is 6.11. The van der Waals surface area contributed by atoms with E-state index in [4.69, 9.17) is 0 Å². The predicted molar refractivity (Wildman–Crippen MR) is 97.0 cm³/mol. The van der Waals surface area contributed by atoms with Crippen molar-refractivity contribution in [3.8, 4) is 0 Å². The third-order valence-electron chi connectivity index (χ3n) is 4.50. The third-order valence-corrected chi connectivity index (χ3v) is 4.50. The zero-order chi connectivity index (χ0) is 17.1. The number of aromatic nitrogens is 2. The first kappa shape index (κ1) is 15.6. The SMILES string of the molecule is Fc1cccnc1NCc1cccnc1N1CCc2ccccc2C1. The molecule has 4 nitrogen and oxygen atoms in total. The molecule has 1 aliphatic rings. The minimum absolute atomic E-state index is 0.265. The number of pyridine rings is 2. The topological polar surface area (TPSA) is 41.1 Å². The van der Waals surface area contributed by atoms with E-state index in [2.05, 4.69) is 44.5 Å². The number of rotatable bonds is 4. The molecule has 0 radical (unpaired) electrons. The zero-order valence-electron chi connectivity index (χ0n) is 13.8. The van der Waals surface area contributed by atoms with E-state index >= 15 is 0 Å². The molecule has 0 fully saturated rings. The van der Waals surface area contributed by atoms with E-state index in [1.54, 1.807) is 18.5 Å². The van der Waals surface area contributed by atoms with Gasteiger partial charge in [-0.25, -0.2) is 14.4 Å². The van der Waals surface area contributed by atoms with Crippen molar-refractivity contribution in [3.05, 3.63) is 83.4 Å². The maximum absolute atomic E-state index is 13.8. The predicted octanol–water partition coefficient (Wildman–Crippen LogP) is 3.79. The van der Waals surface area contributed by atoms with Gasteiger partial charge in [-0.15, -0.1) is 0 Å². The number of benzene rings is 1. The summed E-state index contributed by atoms with van der Waals surface area (Å²) in [4.78, 5) is 10.9. The Labute approximate surface area is 146 Å². The number of nitrogens with zero attached hydrogens (tertiary/aromatic N) is 3. The highest BCUT2D eigenvalue weighted by atomic mass is 19.1. The van der Waals surface area contributed by atoms with Gasteiger partial charge in [0.1, 0.15) is 5.82 Å². The van der Waals surface area contributed by atoms with E-state index < -0.39 is 0 Å². The normalized spacial score (nSPS) is 13.4. The average molecular weight is 334 g/mol. The van der Waals surface area contributed by atoms with Gasteiger partial charge in [-0.3, -0.25) is 0 Å². The summed E-state index contributed by atoms with van der Waals surface area (Å²) in [5.41, 5.74) is 3.78.